The summed E-state index contributed by atoms with van der Waals surface area (Å²) in [4.78, 5) is 14.3. The molecule has 2 N–H and O–H groups in total. The Morgan fingerprint density at radius 3 is 2.45 bits per heavy atom. The number of hydrogen-bond donors (Lipinski definition) is 1. The Labute approximate surface area is 201 Å². The first-order valence-electron chi connectivity index (χ1n) is 10.3. The molecule has 170 valence electrons. The Kier molecular flexibility index (Phi) is 6.45. The summed E-state index contributed by atoms with van der Waals surface area (Å²) in [6, 6.07) is 11.6. The van der Waals surface area contributed by atoms with E-state index in [1.165, 1.54) is 4.90 Å². The molecule has 0 radical (unpaired) electrons. The molecule has 1 heterocycles. The van der Waals surface area contributed by atoms with Gasteiger partial charge in [-0.2, -0.15) is 15.8 Å². The average Bonchev–Trinajstić information content (AvgIpc) is 2.77. The van der Waals surface area contributed by atoms with Gasteiger partial charge in [0.2, 0.25) is 5.41 Å². The van der Waals surface area contributed by atoms with Crippen molar-refractivity contribution in [2.45, 2.75) is 32.3 Å². The summed E-state index contributed by atoms with van der Waals surface area (Å²) in [5, 5.41) is 30.0. The normalized spacial score (nSPS) is 21.6. The summed E-state index contributed by atoms with van der Waals surface area (Å²) in [6.45, 7) is 5.67. The van der Waals surface area contributed by atoms with Gasteiger partial charge in [0.05, 0.1) is 41.1 Å². The third-order valence-corrected chi connectivity index (χ3v) is 6.45. The lowest BCUT2D eigenvalue weighted by Gasteiger charge is -2.45. The van der Waals surface area contributed by atoms with Crippen LogP contribution < -0.4 is 10.5 Å². The van der Waals surface area contributed by atoms with E-state index in [1.807, 2.05) is 24.3 Å². The second kappa shape index (κ2) is 8.81. The molecule has 1 aliphatic heterocycles. The third-order valence-electron chi connectivity index (χ3n) is 5.83. The summed E-state index contributed by atoms with van der Waals surface area (Å²) >= 11 is 3.48. The summed E-state index contributed by atoms with van der Waals surface area (Å²) in [6.07, 6.45) is 1.19. The van der Waals surface area contributed by atoms with Gasteiger partial charge in [-0.15, -0.1) is 0 Å². The number of ether oxygens (including phenoxy) is 2. The highest BCUT2D eigenvalue weighted by molar-refractivity contribution is 9.10. The topological polar surface area (TPSA) is 136 Å². The molecule has 1 aromatic rings. The molecule has 0 saturated carbocycles. The van der Waals surface area contributed by atoms with E-state index in [1.54, 1.807) is 40.0 Å². The average molecular weight is 510 g/mol. The van der Waals surface area contributed by atoms with Gasteiger partial charge in [0.15, 0.2) is 0 Å². The maximum atomic E-state index is 12.8. The number of rotatable bonds is 2. The number of hydrogen-bond acceptors (Lipinski definition) is 7. The first-order valence-corrected chi connectivity index (χ1v) is 11.1. The van der Waals surface area contributed by atoms with E-state index in [0.717, 1.165) is 5.56 Å². The SMILES string of the molecule is COc1ccc(C2C(C#N)=C(N)C(C#N)(C#N)C3=CCN(C(=O)OC(C)(C)C)CC32)cc1Br. The van der Waals surface area contributed by atoms with E-state index in [9.17, 15) is 20.6 Å². The molecule has 3 rings (SSSR count). The van der Waals surface area contributed by atoms with Crippen molar-refractivity contribution in [3.63, 3.8) is 0 Å². The van der Waals surface area contributed by atoms with Crippen molar-refractivity contribution in [3.8, 4) is 24.0 Å². The lowest BCUT2D eigenvalue weighted by Crippen LogP contribution is -2.49. The van der Waals surface area contributed by atoms with Gasteiger partial charge in [-0.25, -0.2) is 4.79 Å². The number of carbonyl (C=O) groups is 1. The number of methoxy groups -OCH3 is 1. The minimum atomic E-state index is -1.77. The van der Waals surface area contributed by atoms with Gasteiger partial charge in [-0.05, 0) is 60.0 Å². The van der Waals surface area contributed by atoms with E-state index in [0.29, 0.717) is 15.8 Å². The second-order valence-corrected chi connectivity index (χ2v) is 9.79. The van der Waals surface area contributed by atoms with Gasteiger partial charge >= 0.3 is 6.09 Å². The third kappa shape index (κ3) is 4.15. The van der Waals surface area contributed by atoms with Crippen LogP contribution in [0.3, 0.4) is 0 Å². The minimum absolute atomic E-state index is 0.0693. The number of amides is 1. The monoisotopic (exact) mass is 509 g/mol. The van der Waals surface area contributed by atoms with Crippen molar-refractivity contribution >= 4 is 22.0 Å². The van der Waals surface area contributed by atoms with Gasteiger partial charge in [-0.1, -0.05) is 12.1 Å². The Morgan fingerprint density at radius 2 is 1.94 bits per heavy atom. The molecule has 1 aliphatic carbocycles. The molecule has 9 heteroatoms. The van der Waals surface area contributed by atoms with Gasteiger partial charge < -0.3 is 20.1 Å². The van der Waals surface area contributed by atoms with Crippen LogP contribution in [0, 0.1) is 45.3 Å². The lowest BCUT2D eigenvalue weighted by molar-refractivity contribution is 0.0229. The summed E-state index contributed by atoms with van der Waals surface area (Å²) in [7, 11) is 1.55. The van der Waals surface area contributed by atoms with Crippen molar-refractivity contribution in [1.29, 1.82) is 15.8 Å². The van der Waals surface area contributed by atoms with Crippen LogP contribution in [-0.4, -0.2) is 36.8 Å². The Bertz CT molecular complexity index is 1160. The van der Waals surface area contributed by atoms with E-state index >= 15 is 0 Å². The molecule has 2 unspecified atom stereocenters. The van der Waals surface area contributed by atoms with Gasteiger partial charge in [0.25, 0.3) is 0 Å². The highest BCUT2D eigenvalue weighted by Gasteiger charge is 2.53. The Morgan fingerprint density at radius 1 is 1.27 bits per heavy atom. The maximum Gasteiger partial charge on any atom is 0.410 e. The van der Waals surface area contributed by atoms with Crippen molar-refractivity contribution < 1.29 is 14.3 Å². The predicted octanol–water partition coefficient (Wildman–Crippen LogP) is 4.12. The molecular formula is C24H24BrN5O3. The zero-order valence-electron chi connectivity index (χ0n) is 18.8. The van der Waals surface area contributed by atoms with Crippen molar-refractivity contribution in [3.05, 3.63) is 51.2 Å². The highest BCUT2D eigenvalue weighted by Crippen LogP contribution is 2.53. The van der Waals surface area contributed by atoms with E-state index in [-0.39, 0.29) is 24.4 Å². The molecule has 0 aromatic heterocycles. The molecule has 1 amide bonds. The minimum Gasteiger partial charge on any atom is -0.496 e. The van der Waals surface area contributed by atoms with Crippen molar-refractivity contribution in [2.24, 2.45) is 17.1 Å². The van der Waals surface area contributed by atoms with Gasteiger partial charge in [0.1, 0.15) is 11.4 Å². The fraction of sp³-hybridized carbons (Fsp3) is 0.417. The standard InChI is InChI=1S/C24H24BrN5O3/c1-23(2,3)33-22(31)30-8-7-17-16(11-30)20(14-5-6-19(32-4)18(25)9-14)15(10-26)21(29)24(17,12-27)13-28/h5-7,9,16,20H,8,11,29H2,1-4H3. The van der Waals surface area contributed by atoms with Crippen molar-refractivity contribution in [1.82, 2.24) is 4.90 Å². The van der Waals surface area contributed by atoms with Crippen LogP contribution in [0.1, 0.15) is 32.3 Å². The largest absolute Gasteiger partial charge is 0.496 e. The second-order valence-electron chi connectivity index (χ2n) is 8.94. The molecule has 0 bridgehead atoms. The number of halogens is 1. The van der Waals surface area contributed by atoms with E-state index in [4.69, 9.17) is 15.2 Å². The summed E-state index contributed by atoms with van der Waals surface area (Å²) < 4.78 is 11.5. The van der Waals surface area contributed by atoms with E-state index < -0.39 is 28.9 Å². The molecular weight excluding hydrogens is 486 g/mol. The molecule has 0 spiro atoms. The Hall–Kier alpha value is -3.48. The maximum absolute atomic E-state index is 12.8. The molecule has 0 fully saturated rings. The predicted molar refractivity (Wildman–Crippen MR) is 123 cm³/mol. The molecule has 2 aliphatic rings. The molecule has 0 saturated heterocycles. The van der Waals surface area contributed by atoms with Crippen LogP contribution in [0.15, 0.2) is 45.6 Å². The van der Waals surface area contributed by atoms with Crippen LogP contribution in [0.4, 0.5) is 4.79 Å². The number of fused-ring (bicyclic) bond motifs is 1. The number of nitriles is 3. The number of nitrogens with two attached hydrogens (primary N) is 1. The zero-order valence-corrected chi connectivity index (χ0v) is 20.4. The van der Waals surface area contributed by atoms with Gasteiger partial charge in [0, 0.05) is 24.9 Å². The quantitative estimate of drug-likeness (QED) is 0.591. The van der Waals surface area contributed by atoms with Crippen molar-refractivity contribution in [2.75, 3.05) is 20.2 Å². The Balaban J connectivity index is 2.20. The smallest absolute Gasteiger partial charge is 0.410 e. The lowest BCUT2D eigenvalue weighted by atomic mass is 9.60. The molecule has 1 aromatic carbocycles. The summed E-state index contributed by atoms with van der Waals surface area (Å²) in [5.74, 6) is -0.473. The first kappa shape index (κ1) is 24.2. The van der Waals surface area contributed by atoms with Gasteiger partial charge in [-0.3, -0.25) is 0 Å². The number of allylic oxidation sites excluding steroid dienone is 2. The van der Waals surface area contributed by atoms with Crippen LogP contribution >= 0.6 is 15.9 Å². The number of carbonyl (C=O) groups excluding carboxylic acids is 1. The van der Waals surface area contributed by atoms with Crippen LogP contribution in [0.25, 0.3) is 0 Å². The number of benzene rings is 1. The number of nitrogens with zero attached hydrogens (tertiary/aromatic N) is 4. The van der Waals surface area contributed by atoms with Crippen LogP contribution in [-0.2, 0) is 4.74 Å². The molecule has 2 atom stereocenters. The van der Waals surface area contributed by atoms with Crippen LogP contribution in [0.2, 0.25) is 0 Å². The summed E-state index contributed by atoms with van der Waals surface area (Å²) in [5.41, 5.74) is 5.19. The molecule has 33 heavy (non-hydrogen) atoms. The molecule has 8 nitrogen and oxygen atoms in total. The first-order chi connectivity index (χ1) is 15.5. The fourth-order valence-corrected chi connectivity index (χ4v) is 4.93. The van der Waals surface area contributed by atoms with Crippen LogP contribution in [0.5, 0.6) is 5.75 Å². The fourth-order valence-electron chi connectivity index (χ4n) is 4.37. The highest BCUT2D eigenvalue weighted by atomic mass is 79.9. The van der Waals surface area contributed by atoms with E-state index in [2.05, 4.69) is 22.0 Å². The zero-order chi connectivity index (χ0) is 24.6.